The molecule has 2 N–H and O–H groups in total. The van der Waals surface area contributed by atoms with Crippen molar-refractivity contribution >= 4 is 5.82 Å². The molecule has 0 aliphatic heterocycles. The van der Waals surface area contributed by atoms with Crippen molar-refractivity contribution in [3.05, 3.63) is 24.1 Å². The summed E-state index contributed by atoms with van der Waals surface area (Å²) >= 11 is 0. The maximum Gasteiger partial charge on any atom is 0.214 e. The quantitative estimate of drug-likeness (QED) is 0.723. The zero-order chi connectivity index (χ0) is 10.6. The van der Waals surface area contributed by atoms with Crippen LogP contribution in [-0.2, 0) is 0 Å². The molecule has 0 saturated carbocycles. The van der Waals surface area contributed by atoms with Gasteiger partial charge < -0.3 is 10.4 Å². The molecule has 0 unspecified atom stereocenters. The van der Waals surface area contributed by atoms with Crippen LogP contribution in [0.3, 0.4) is 0 Å². The largest absolute Gasteiger partial charge is 0.396 e. The number of nitrogens with zero attached hydrogens (tertiary/aromatic N) is 1. The van der Waals surface area contributed by atoms with Gasteiger partial charge in [0.1, 0.15) is 5.82 Å². The van der Waals surface area contributed by atoms with Crippen LogP contribution in [0.5, 0.6) is 0 Å². The van der Waals surface area contributed by atoms with Crippen LogP contribution in [0.15, 0.2) is 18.2 Å². The number of hydrogen-bond donors (Lipinski definition) is 2. The number of nitrogens with one attached hydrogen (secondary N) is 1. The van der Waals surface area contributed by atoms with Crippen molar-refractivity contribution in [3.63, 3.8) is 0 Å². The van der Waals surface area contributed by atoms with Gasteiger partial charge in [0.2, 0.25) is 5.95 Å². The smallest absolute Gasteiger partial charge is 0.214 e. The summed E-state index contributed by atoms with van der Waals surface area (Å²) in [7, 11) is 0. The molecule has 4 heteroatoms. The van der Waals surface area contributed by atoms with Gasteiger partial charge in [0.25, 0.3) is 0 Å². The second-order valence-corrected chi connectivity index (χ2v) is 4.02. The van der Waals surface area contributed by atoms with Crippen LogP contribution in [0.25, 0.3) is 0 Å². The van der Waals surface area contributed by atoms with Crippen molar-refractivity contribution in [2.24, 2.45) is 5.41 Å². The standard InChI is InChI=1S/C10H15FN2O/c1-10(2,7-14)6-12-9-5-3-4-8(11)13-9/h3-5,14H,6-7H2,1-2H3,(H,12,13). The lowest BCUT2D eigenvalue weighted by atomic mass is 9.95. The fraction of sp³-hybridized carbons (Fsp3) is 0.500. The minimum atomic E-state index is -0.503. The SMILES string of the molecule is CC(C)(CO)CNc1cccc(F)n1. The number of pyridine rings is 1. The maximum absolute atomic E-state index is 12.7. The molecular formula is C10H15FN2O. The first-order valence-corrected chi connectivity index (χ1v) is 4.51. The number of aromatic nitrogens is 1. The van der Waals surface area contributed by atoms with E-state index in [1.165, 1.54) is 6.07 Å². The highest BCUT2D eigenvalue weighted by molar-refractivity contribution is 5.33. The van der Waals surface area contributed by atoms with E-state index in [9.17, 15) is 4.39 Å². The van der Waals surface area contributed by atoms with Crippen LogP contribution < -0.4 is 5.32 Å². The van der Waals surface area contributed by atoms with Gasteiger partial charge >= 0.3 is 0 Å². The second kappa shape index (κ2) is 4.37. The Bertz CT molecular complexity index is 302. The van der Waals surface area contributed by atoms with Crippen molar-refractivity contribution < 1.29 is 9.50 Å². The summed E-state index contributed by atoms with van der Waals surface area (Å²) in [5.41, 5.74) is -0.228. The third kappa shape index (κ3) is 3.30. The highest BCUT2D eigenvalue weighted by atomic mass is 19.1. The molecule has 0 amide bonds. The van der Waals surface area contributed by atoms with Crippen molar-refractivity contribution in [1.82, 2.24) is 4.98 Å². The molecule has 1 aromatic rings. The summed E-state index contributed by atoms with van der Waals surface area (Å²) in [5, 5.41) is 12.0. The lowest BCUT2D eigenvalue weighted by Crippen LogP contribution is -2.27. The van der Waals surface area contributed by atoms with Crippen molar-refractivity contribution in [2.75, 3.05) is 18.5 Å². The Hall–Kier alpha value is -1.16. The Morgan fingerprint density at radius 1 is 1.50 bits per heavy atom. The monoisotopic (exact) mass is 198 g/mol. The molecule has 0 spiro atoms. The van der Waals surface area contributed by atoms with Crippen LogP contribution in [0.1, 0.15) is 13.8 Å². The molecule has 3 nitrogen and oxygen atoms in total. The topological polar surface area (TPSA) is 45.1 Å². The normalized spacial score (nSPS) is 11.4. The van der Waals surface area contributed by atoms with E-state index < -0.39 is 5.95 Å². The number of halogens is 1. The molecule has 1 aromatic heterocycles. The van der Waals surface area contributed by atoms with Crippen LogP contribution in [0.2, 0.25) is 0 Å². The molecule has 0 aliphatic carbocycles. The first-order chi connectivity index (χ1) is 6.53. The molecule has 1 heterocycles. The second-order valence-electron chi connectivity index (χ2n) is 4.02. The van der Waals surface area contributed by atoms with Crippen molar-refractivity contribution in [1.29, 1.82) is 0 Å². The van der Waals surface area contributed by atoms with Gasteiger partial charge in [0, 0.05) is 18.6 Å². The van der Waals surface area contributed by atoms with E-state index >= 15 is 0 Å². The first-order valence-electron chi connectivity index (χ1n) is 4.51. The molecule has 0 atom stereocenters. The van der Waals surface area contributed by atoms with Gasteiger partial charge in [-0.1, -0.05) is 19.9 Å². The number of anilines is 1. The Morgan fingerprint density at radius 2 is 2.21 bits per heavy atom. The minimum Gasteiger partial charge on any atom is -0.396 e. The van der Waals surface area contributed by atoms with Crippen molar-refractivity contribution in [2.45, 2.75) is 13.8 Å². The number of hydrogen-bond acceptors (Lipinski definition) is 3. The van der Waals surface area contributed by atoms with Gasteiger partial charge in [0.15, 0.2) is 0 Å². The molecule has 1 rings (SSSR count). The lowest BCUT2D eigenvalue weighted by Gasteiger charge is -2.22. The average molecular weight is 198 g/mol. The van der Waals surface area contributed by atoms with Gasteiger partial charge in [-0.25, -0.2) is 4.98 Å². The number of aliphatic hydroxyl groups is 1. The lowest BCUT2D eigenvalue weighted by molar-refractivity contribution is 0.170. The third-order valence-electron chi connectivity index (χ3n) is 1.89. The van der Waals surface area contributed by atoms with E-state index in [0.29, 0.717) is 12.4 Å². The van der Waals surface area contributed by atoms with E-state index in [4.69, 9.17) is 5.11 Å². The Kier molecular flexibility index (Phi) is 3.41. The van der Waals surface area contributed by atoms with E-state index in [1.54, 1.807) is 12.1 Å². The van der Waals surface area contributed by atoms with E-state index in [-0.39, 0.29) is 12.0 Å². The number of rotatable bonds is 4. The van der Waals surface area contributed by atoms with Gasteiger partial charge in [-0.15, -0.1) is 0 Å². The summed E-state index contributed by atoms with van der Waals surface area (Å²) in [5.74, 6) is -0.0108. The summed E-state index contributed by atoms with van der Waals surface area (Å²) in [6.45, 7) is 4.47. The molecule has 0 aliphatic rings. The molecule has 0 saturated heterocycles. The highest BCUT2D eigenvalue weighted by Crippen LogP contribution is 2.14. The van der Waals surface area contributed by atoms with Crippen LogP contribution in [-0.4, -0.2) is 23.2 Å². The van der Waals surface area contributed by atoms with Crippen LogP contribution in [0, 0.1) is 11.4 Å². The fourth-order valence-corrected chi connectivity index (χ4v) is 0.892. The fourth-order valence-electron chi connectivity index (χ4n) is 0.892. The first kappa shape index (κ1) is 10.9. The predicted octanol–water partition coefficient (Wildman–Crippen LogP) is 1.65. The Labute approximate surface area is 83.0 Å². The van der Waals surface area contributed by atoms with Crippen molar-refractivity contribution in [3.8, 4) is 0 Å². The van der Waals surface area contributed by atoms with E-state index in [2.05, 4.69) is 10.3 Å². The Balaban J connectivity index is 2.54. The zero-order valence-electron chi connectivity index (χ0n) is 8.42. The molecule has 0 aromatic carbocycles. The summed E-state index contributed by atoms with van der Waals surface area (Å²) < 4.78 is 12.7. The molecule has 0 bridgehead atoms. The molecular weight excluding hydrogens is 183 g/mol. The van der Waals surface area contributed by atoms with Crippen LogP contribution in [0.4, 0.5) is 10.2 Å². The molecule has 78 valence electrons. The van der Waals surface area contributed by atoms with E-state index in [0.717, 1.165) is 0 Å². The van der Waals surface area contributed by atoms with Crippen LogP contribution >= 0.6 is 0 Å². The van der Waals surface area contributed by atoms with Gasteiger partial charge in [-0.3, -0.25) is 0 Å². The molecule has 14 heavy (non-hydrogen) atoms. The summed E-state index contributed by atoms with van der Waals surface area (Å²) in [4.78, 5) is 3.65. The van der Waals surface area contributed by atoms with Gasteiger partial charge in [-0.05, 0) is 12.1 Å². The Morgan fingerprint density at radius 3 is 2.79 bits per heavy atom. The van der Waals surface area contributed by atoms with Gasteiger partial charge in [0.05, 0.1) is 0 Å². The van der Waals surface area contributed by atoms with Gasteiger partial charge in [-0.2, -0.15) is 4.39 Å². The summed E-state index contributed by atoms with van der Waals surface area (Å²) in [6.07, 6.45) is 0. The maximum atomic E-state index is 12.7. The third-order valence-corrected chi connectivity index (χ3v) is 1.89. The predicted molar refractivity (Wildman–Crippen MR) is 53.6 cm³/mol. The zero-order valence-corrected chi connectivity index (χ0v) is 8.42. The number of aliphatic hydroxyl groups excluding tert-OH is 1. The molecule has 0 radical (unpaired) electrons. The highest BCUT2D eigenvalue weighted by Gasteiger charge is 2.15. The average Bonchev–Trinajstić information content (AvgIpc) is 2.15. The van der Waals surface area contributed by atoms with E-state index in [1.807, 2.05) is 13.8 Å². The summed E-state index contributed by atoms with van der Waals surface area (Å²) in [6, 6.07) is 4.58. The minimum absolute atomic E-state index is 0.0787. The molecule has 0 fully saturated rings.